The second-order valence-electron chi connectivity index (χ2n) is 18.2. The summed E-state index contributed by atoms with van der Waals surface area (Å²) in [5, 5.41) is 8.99. The van der Waals surface area contributed by atoms with Crippen molar-refractivity contribution >= 4 is 69.6 Å². The van der Waals surface area contributed by atoms with Crippen molar-refractivity contribution in [1.82, 2.24) is 28.9 Å². The Kier molecular flexibility index (Phi) is 13.6. The molecule has 5 heterocycles. The summed E-state index contributed by atoms with van der Waals surface area (Å²) in [6.45, 7) is 12.0. The van der Waals surface area contributed by atoms with Gasteiger partial charge in [0, 0.05) is 81.0 Å². The molecular weight excluding hydrogens is 877 g/mol. The molecule has 1 saturated heterocycles. The molecule has 8 rings (SSSR count). The van der Waals surface area contributed by atoms with Crippen molar-refractivity contribution < 1.29 is 33.5 Å². The molecule has 0 spiro atoms. The van der Waals surface area contributed by atoms with Crippen LogP contribution in [0.1, 0.15) is 82.6 Å². The topological polar surface area (TPSA) is 217 Å². The molecule has 3 aromatic heterocycles. The molecule has 0 saturated carbocycles. The summed E-state index contributed by atoms with van der Waals surface area (Å²) in [4.78, 5) is 89.4. The minimum absolute atomic E-state index is 0.0706. The highest BCUT2D eigenvalue weighted by atomic mass is 16.5. The van der Waals surface area contributed by atoms with E-state index in [1.807, 2.05) is 57.3 Å². The van der Waals surface area contributed by atoms with E-state index in [2.05, 4.69) is 32.5 Å². The lowest BCUT2D eigenvalue weighted by molar-refractivity contribution is -0.127. The van der Waals surface area contributed by atoms with Gasteiger partial charge in [-0.25, -0.2) is 4.98 Å². The second kappa shape index (κ2) is 19.7. The van der Waals surface area contributed by atoms with Crippen molar-refractivity contribution in [2.45, 2.75) is 71.5 Å². The SMILES string of the molecule is C=C1C[C@H]2C=Nc3cc(OCCCC(=O)Nc4cn(C)c(C(=O)Cc5ccc(-c6cc(C(=O)n7ccc8cc(NC(=O)[C@H](C)NC(=O)[C@@H](N)C(C)C)ccc87)n(C)c6)cc5)n4)c(C)cc3C(=O)N2C1. The first kappa shape index (κ1) is 47.6. The van der Waals surface area contributed by atoms with E-state index in [0.29, 0.717) is 53.3 Å². The molecule has 6 aromatic rings. The number of nitrogens with zero attached hydrogens (tertiary/aromatic N) is 6. The van der Waals surface area contributed by atoms with Crippen LogP contribution in [0, 0.1) is 12.8 Å². The summed E-state index contributed by atoms with van der Waals surface area (Å²) in [5.74, 6) is -0.605. The summed E-state index contributed by atoms with van der Waals surface area (Å²) in [5.41, 5.74) is 12.9. The van der Waals surface area contributed by atoms with Gasteiger partial charge in [0.1, 0.15) is 17.5 Å². The number of amides is 4. The standard InChI is InChI=1S/C52H56N10O7/c1-29(2)47(53)50(66)55-32(5)49(65)56-37-14-15-41-35(22-37)16-17-61(41)52(68)42-23-36(27-59(42)6)34-12-10-33(11-13-34)21-43(63)48-58-45(28-60(48)7)57-46(64)9-8-18-69-44-24-40-39(20-31(44)4)51(67)62-26-30(3)19-38(62)25-54-40/h10-17,20,22-25,27-29,32,38,47H,3,8-9,18-19,21,26,53H2,1-2,4-7H3,(H,55,66)(H,56,65)(H,57,64)/t32-,38-,47-/m0/s1. The Morgan fingerprint density at radius 2 is 1.68 bits per heavy atom. The Labute approximate surface area is 399 Å². The minimum Gasteiger partial charge on any atom is -0.493 e. The third-order valence-electron chi connectivity index (χ3n) is 12.5. The number of carbonyl (C=O) groups is 6. The van der Waals surface area contributed by atoms with Gasteiger partial charge in [-0.05, 0) is 85.7 Å². The molecule has 0 bridgehead atoms. The molecule has 17 heteroatoms. The number of ether oxygens (including phenoxy) is 1. The molecule has 5 N–H and O–H groups in total. The highest BCUT2D eigenvalue weighted by molar-refractivity contribution is 6.05. The lowest BCUT2D eigenvalue weighted by Gasteiger charge is -2.20. The van der Waals surface area contributed by atoms with E-state index in [1.165, 1.54) is 0 Å². The number of aryl methyl sites for hydroxylation is 3. The number of benzene rings is 3. The fourth-order valence-electron chi connectivity index (χ4n) is 8.49. The first-order valence-corrected chi connectivity index (χ1v) is 22.9. The number of carbonyl (C=O) groups excluding carboxylic acids is 6. The van der Waals surface area contributed by atoms with Crippen LogP contribution in [0.5, 0.6) is 5.75 Å². The average Bonchev–Trinajstić information content (AvgIpc) is 4.10. The number of rotatable bonds is 16. The minimum atomic E-state index is -0.807. The second-order valence-corrected chi connectivity index (χ2v) is 18.2. The van der Waals surface area contributed by atoms with Crippen molar-refractivity contribution in [3.8, 4) is 16.9 Å². The molecule has 0 unspecified atom stereocenters. The molecule has 17 nitrogen and oxygen atoms in total. The number of anilines is 2. The van der Waals surface area contributed by atoms with Crippen molar-refractivity contribution in [2.24, 2.45) is 30.7 Å². The van der Waals surface area contributed by atoms with Gasteiger partial charge in [-0.3, -0.25) is 38.3 Å². The monoisotopic (exact) mass is 932 g/mol. The fourth-order valence-corrected chi connectivity index (χ4v) is 8.49. The number of imidazole rings is 1. The summed E-state index contributed by atoms with van der Waals surface area (Å²) in [6, 6.07) is 18.3. The third kappa shape index (κ3) is 10.3. The molecule has 0 aliphatic carbocycles. The number of aliphatic imine (C=N–C) groups is 1. The number of hydrogen-bond acceptors (Lipinski definition) is 10. The number of nitrogens with two attached hydrogens (primary N) is 1. The predicted octanol–water partition coefficient (Wildman–Crippen LogP) is 6.51. The highest BCUT2D eigenvalue weighted by Gasteiger charge is 2.34. The van der Waals surface area contributed by atoms with Gasteiger partial charge >= 0.3 is 0 Å². The summed E-state index contributed by atoms with van der Waals surface area (Å²) >= 11 is 0. The lowest BCUT2D eigenvalue weighted by atomic mass is 10.0. The van der Waals surface area contributed by atoms with Crippen LogP contribution in [0.25, 0.3) is 22.0 Å². The quantitative estimate of drug-likeness (QED) is 0.0472. The molecule has 356 valence electrons. The number of aromatic nitrogens is 4. The van der Waals surface area contributed by atoms with Crippen LogP contribution in [0.4, 0.5) is 17.2 Å². The zero-order chi connectivity index (χ0) is 49.3. The Balaban J connectivity index is 0.821. The van der Waals surface area contributed by atoms with Gasteiger partial charge in [-0.15, -0.1) is 0 Å². The normalized spacial score (nSPS) is 15.1. The van der Waals surface area contributed by atoms with Crippen molar-refractivity contribution in [1.29, 1.82) is 0 Å². The fraction of sp³-hybridized carbons (Fsp3) is 0.308. The number of fused-ring (bicyclic) bond motifs is 3. The molecule has 1 fully saturated rings. The van der Waals surface area contributed by atoms with Gasteiger partial charge < -0.3 is 40.5 Å². The van der Waals surface area contributed by atoms with Gasteiger partial charge in [-0.1, -0.05) is 50.3 Å². The zero-order valence-corrected chi connectivity index (χ0v) is 39.5. The maximum Gasteiger partial charge on any atom is 0.278 e. The van der Waals surface area contributed by atoms with Gasteiger partial charge in [0.2, 0.25) is 23.5 Å². The molecule has 0 radical (unpaired) electrons. The van der Waals surface area contributed by atoms with Gasteiger partial charge in [-0.2, -0.15) is 0 Å². The van der Waals surface area contributed by atoms with Crippen LogP contribution in [-0.4, -0.2) is 96.4 Å². The number of hydrogen-bond donors (Lipinski definition) is 4. The lowest BCUT2D eigenvalue weighted by Crippen LogP contribution is -2.50. The molecule has 3 atom stereocenters. The van der Waals surface area contributed by atoms with Crippen molar-refractivity contribution in [3.63, 3.8) is 0 Å². The number of nitrogens with one attached hydrogen (secondary N) is 3. The average molecular weight is 933 g/mol. The Morgan fingerprint density at radius 3 is 2.43 bits per heavy atom. The summed E-state index contributed by atoms with van der Waals surface area (Å²) in [6.07, 6.45) is 8.33. The maximum atomic E-state index is 13.9. The molecular formula is C52H56N10O7. The smallest absolute Gasteiger partial charge is 0.278 e. The van der Waals surface area contributed by atoms with Crippen LogP contribution in [0.2, 0.25) is 0 Å². The largest absolute Gasteiger partial charge is 0.493 e. The van der Waals surface area contributed by atoms with Gasteiger partial charge in [0.05, 0.1) is 35.5 Å². The van der Waals surface area contributed by atoms with Crippen LogP contribution < -0.4 is 26.4 Å². The summed E-state index contributed by atoms with van der Waals surface area (Å²) < 4.78 is 10.9. The molecule has 2 aliphatic heterocycles. The van der Waals surface area contributed by atoms with Gasteiger partial charge in [0.25, 0.3) is 11.8 Å². The first-order chi connectivity index (χ1) is 32.9. The Morgan fingerprint density at radius 1 is 0.913 bits per heavy atom. The van der Waals surface area contributed by atoms with Crippen molar-refractivity contribution in [3.05, 3.63) is 126 Å². The van der Waals surface area contributed by atoms with E-state index in [0.717, 1.165) is 33.2 Å². The Hall–Kier alpha value is -7.92. The van der Waals surface area contributed by atoms with Gasteiger partial charge in [0.15, 0.2) is 11.6 Å². The molecule has 69 heavy (non-hydrogen) atoms. The maximum absolute atomic E-state index is 13.9. The Bertz CT molecular complexity index is 3070. The van der Waals surface area contributed by atoms with E-state index in [4.69, 9.17) is 10.5 Å². The first-order valence-electron chi connectivity index (χ1n) is 22.9. The van der Waals surface area contributed by atoms with E-state index < -0.39 is 23.9 Å². The van der Waals surface area contributed by atoms with Crippen LogP contribution >= 0.6 is 0 Å². The number of Topliss-reactive ketones (excluding diaryl/α,β-unsaturated/α-hetero) is 1. The van der Waals surface area contributed by atoms with Crippen molar-refractivity contribution in [2.75, 3.05) is 23.8 Å². The predicted molar refractivity (Wildman–Crippen MR) is 264 cm³/mol. The van der Waals surface area contributed by atoms with Crippen LogP contribution in [0.15, 0.2) is 102 Å². The van der Waals surface area contributed by atoms with E-state index in [1.54, 1.807) is 94.6 Å². The molecule has 2 aliphatic rings. The summed E-state index contributed by atoms with van der Waals surface area (Å²) in [7, 11) is 3.50. The number of ketones is 1. The van der Waals surface area contributed by atoms with Crippen LogP contribution in [-0.2, 0) is 34.9 Å². The van der Waals surface area contributed by atoms with E-state index in [9.17, 15) is 28.8 Å². The van der Waals surface area contributed by atoms with E-state index in [-0.39, 0.29) is 66.6 Å². The highest BCUT2D eigenvalue weighted by Crippen LogP contribution is 2.35. The molecule has 4 amide bonds. The van der Waals surface area contributed by atoms with E-state index >= 15 is 0 Å². The van der Waals surface area contributed by atoms with Crippen LogP contribution in [0.3, 0.4) is 0 Å². The molecule has 3 aromatic carbocycles. The zero-order valence-electron chi connectivity index (χ0n) is 39.5. The third-order valence-corrected chi connectivity index (χ3v) is 12.5.